The fourth-order valence-corrected chi connectivity index (χ4v) is 6.44. The highest BCUT2D eigenvalue weighted by molar-refractivity contribution is 5.87. The number of hydrogen-bond donors (Lipinski definition) is 0. The number of aryl methyl sites for hydroxylation is 1. The molecule has 2 fully saturated rings. The largest absolute Gasteiger partial charge is 0.462 e. The maximum atomic E-state index is 12.5. The average Bonchev–Trinajstić information content (AvgIpc) is 3.28. The molecule has 9 heteroatoms. The van der Waals surface area contributed by atoms with Crippen molar-refractivity contribution in [3.05, 3.63) is 64.7 Å². The number of carbonyl (C=O) groups excluding carboxylic acids is 1. The van der Waals surface area contributed by atoms with E-state index in [2.05, 4.69) is 72.1 Å². The number of piperazine rings is 1. The predicted molar refractivity (Wildman–Crippen MR) is 158 cm³/mol. The molecule has 9 nitrogen and oxygen atoms in total. The third kappa shape index (κ3) is 5.64. The van der Waals surface area contributed by atoms with Crippen LogP contribution in [-0.4, -0.2) is 90.7 Å². The van der Waals surface area contributed by atoms with Crippen molar-refractivity contribution in [2.24, 2.45) is 5.92 Å². The minimum atomic E-state index is -0.213. The molecule has 3 aliphatic rings. The fraction of sp³-hybridized carbons (Fsp3) is 0.548. The highest BCUT2D eigenvalue weighted by Gasteiger charge is 2.35. The summed E-state index contributed by atoms with van der Waals surface area (Å²) in [5.74, 6) is 1.41. The van der Waals surface area contributed by atoms with Crippen molar-refractivity contribution in [3.63, 3.8) is 0 Å². The molecule has 0 unspecified atom stereocenters. The maximum absolute atomic E-state index is 12.5. The van der Waals surface area contributed by atoms with Crippen molar-refractivity contribution in [2.75, 3.05) is 62.7 Å². The smallest absolute Gasteiger partial charge is 0.318 e. The molecule has 212 valence electrons. The third-order valence-corrected chi connectivity index (χ3v) is 8.78. The second kappa shape index (κ2) is 11.8. The maximum Gasteiger partial charge on any atom is 0.318 e. The highest BCUT2D eigenvalue weighted by atomic mass is 16.5. The molecule has 0 spiro atoms. The van der Waals surface area contributed by atoms with Crippen molar-refractivity contribution in [3.8, 4) is 6.01 Å². The Labute approximate surface area is 238 Å². The van der Waals surface area contributed by atoms with Gasteiger partial charge in [0.05, 0.1) is 12.2 Å². The van der Waals surface area contributed by atoms with Gasteiger partial charge in [0.25, 0.3) is 0 Å². The molecule has 2 aromatic rings. The van der Waals surface area contributed by atoms with Gasteiger partial charge in [0.2, 0.25) is 12.5 Å². The molecule has 0 saturated carbocycles. The summed E-state index contributed by atoms with van der Waals surface area (Å²) in [4.78, 5) is 34.8. The third-order valence-electron chi connectivity index (χ3n) is 8.78. The zero-order valence-corrected chi connectivity index (χ0v) is 24.3. The number of likely N-dealkylation sites (N-methyl/N-ethyl adjacent to an activating group) is 1. The van der Waals surface area contributed by atoms with E-state index in [4.69, 9.17) is 21.3 Å². The van der Waals surface area contributed by atoms with Crippen LogP contribution < -0.4 is 14.5 Å². The molecular formula is C31H41N7O2. The van der Waals surface area contributed by atoms with Crippen LogP contribution in [0.5, 0.6) is 6.01 Å². The van der Waals surface area contributed by atoms with Gasteiger partial charge in [-0.1, -0.05) is 25.6 Å². The summed E-state index contributed by atoms with van der Waals surface area (Å²) in [5.41, 5.74) is 5.95. The van der Waals surface area contributed by atoms with Gasteiger partial charge in [-0.15, -0.1) is 0 Å². The molecule has 0 bridgehead atoms. The number of ether oxygens (including phenoxy) is 1. The molecule has 4 heterocycles. The number of anilines is 2. The number of hydrogen-bond acceptors (Lipinski definition) is 7. The van der Waals surface area contributed by atoms with Gasteiger partial charge in [-0.05, 0) is 62.9 Å². The van der Waals surface area contributed by atoms with Crippen LogP contribution in [0, 0.1) is 26.3 Å². The number of likely N-dealkylation sites (tertiary alicyclic amines) is 1. The summed E-state index contributed by atoms with van der Waals surface area (Å²) in [6.07, 6.45) is 3.26. The number of fused-ring (bicyclic) bond motifs is 1. The van der Waals surface area contributed by atoms with Gasteiger partial charge < -0.3 is 24.3 Å². The van der Waals surface area contributed by atoms with Crippen LogP contribution in [0.15, 0.2) is 30.9 Å². The van der Waals surface area contributed by atoms with Gasteiger partial charge in [0, 0.05) is 50.0 Å². The minimum absolute atomic E-state index is 0.124. The monoisotopic (exact) mass is 543 g/mol. The number of aromatic nitrogens is 2. The molecule has 5 rings (SSSR count). The summed E-state index contributed by atoms with van der Waals surface area (Å²) >= 11 is 0. The van der Waals surface area contributed by atoms with Crippen LogP contribution in [0.25, 0.3) is 4.85 Å². The van der Waals surface area contributed by atoms with E-state index in [1.54, 1.807) is 4.90 Å². The van der Waals surface area contributed by atoms with Crippen LogP contribution in [0.1, 0.15) is 35.7 Å². The first kappa shape index (κ1) is 27.9. The van der Waals surface area contributed by atoms with Crippen molar-refractivity contribution >= 4 is 17.4 Å². The van der Waals surface area contributed by atoms with E-state index < -0.39 is 0 Å². The number of rotatable bonds is 7. The molecule has 1 aromatic heterocycles. The first-order valence-electron chi connectivity index (χ1n) is 14.3. The lowest BCUT2D eigenvalue weighted by Crippen LogP contribution is -2.56. The topological polar surface area (TPSA) is 69.4 Å². The molecule has 0 N–H and O–H groups in total. The van der Waals surface area contributed by atoms with Gasteiger partial charge in [-0.25, -0.2) is 6.57 Å². The zero-order valence-electron chi connectivity index (χ0n) is 24.3. The Balaban J connectivity index is 1.46. The van der Waals surface area contributed by atoms with E-state index in [0.717, 1.165) is 43.0 Å². The Morgan fingerprint density at radius 1 is 1.18 bits per heavy atom. The Morgan fingerprint density at radius 3 is 2.73 bits per heavy atom. The Morgan fingerprint density at radius 2 is 2.00 bits per heavy atom. The number of amides is 1. The van der Waals surface area contributed by atoms with Crippen LogP contribution in [0.2, 0.25) is 0 Å². The molecule has 40 heavy (non-hydrogen) atoms. The van der Waals surface area contributed by atoms with Crippen molar-refractivity contribution in [1.29, 1.82) is 0 Å². The average molecular weight is 544 g/mol. The Kier molecular flexibility index (Phi) is 8.27. The lowest BCUT2D eigenvalue weighted by molar-refractivity contribution is -0.128. The van der Waals surface area contributed by atoms with Crippen molar-refractivity contribution in [2.45, 2.75) is 52.2 Å². The highest BCUT2D eigenvalue weighted by Crippen LogP contribution is 2.34. The number of benzene rings is 1. The van der Waals surface area contributed by atoms with Gasteiger partial charge in [-0.3, -0.25) is 9.69 Å². The number of carbonyl (C=O) groups is 1. The molecule has 1 amide bonds. The second-order valence-corrected chi connectivity index (χ2v) is 11.6. The lowest BCUT2D eigenvalue weighted by Gasteiger charge is -2.41. The van der Waals surface area contributed by atoms with Gasteiger partial charge >= 0.3 is 6.01 Å². The summed E-state index contributed by atoms with van der Waals surface area (Å²) in [6.45, 7) is 22.9. The molecule has 0 radical (unpaired) electrons. The molecule has 0 aliphatic carbocycles. The van der Waals surface area contributed by atoms with Crippen LogP contribution in [-0.2, 0) is 17.8 Å². The summed E-state index contributed by atoms with van der Waals surface area (Å²) < 4.78 is 6.31. The van der Waals surface area contributed by atoms with Crippen LogP contribution in [0.4, 0.5) is 11.5 Å². The summed E-state index contributed by atoms with van der Waals surface area (Å²) in [7, 11) is 2.15. The van der Waals surface area contributed by atoms with E-state index in [1.807, 2.05) is 0 Å². The second-order valence-electron chi connectivity index (χ2n) is 11.6. The predicted octanol–water partition coefficient (Wildman–Crippen LogP) is 3.50. The first-order valence-corrected chi connectivity index (χ1v) is 14.3. The van der Waals surface area contributed by atoms with E-state index in [1.165, 1.54) is 22.9 Å². The summed E-state index contributed by atoms with van der Waals surface area (Å²) in [5, 5.41) is 0. The van der Waals surface area contributed by atoms with Crippen molar-refractivity contribution in [1.82, 2.24) is 19.8 Å². The molecule has 3 atom stereocenters. The van der Waals surface area contributed by atoms with E-state index in [0.29, 0.717) is 50.8 Å². The fourth-order valence-electron chi connectivity index (χ4n) is 6.44. The van der Waals surface area contributed by atoms with E-state index >= 15 is 0 Å². The molecule has 2 saturated heterocycles. The van der Waals surface area contributed by atoms with E-state index in [-0.39, 0.29) is 18.5 Å². The van der Waals surface area contributed by atoms with Gasteiger partial charge in [0.15, 0.2) is 0 Å². The van der Waals surface area contributed by atoms with Gasteiger partial charge in [0.1, 0.15) is 18.5 Å². The SMILES string of the molecule is [C-]#[N+]C[C@H]1CN(c2nc(OC[C@@H]3C[C@@H](C)CN3C)nc3c2CCN(c2cccc(C)c2C)C3)CCN1C(=O)C=C. The lowest BCUT2D eigenvalue weighted by atomic mass is 10.0. The number of nitrogens with zero attached hydrogens (tertiary/aromatic N) is 7. The van der Waals surface area contributed by atoms with Crippen LogP contribution in [0.3, 0.4) is 0 Å². The van der Waals surface area contributed by atoms with E-state index in [9.17, 15) is 4.79 Å². The quantitative estimate of drug-likeness (QED) is 0.391. The summed E-state index contributed by atoms with van der Waals surface area (Å²) in [6, 6.07) is 7.01. The zero-order chi connectivity index (χ0) is 28.4. The normalized spacial score (nSPS) is 23.1. The molecular weight excluding hydrogens is 502 g/mol. The Bertz CT molecular complexity index is 1310. The first-order chi connectivity index (χ1) is 19.3. The van der Waals surface area contributed by atoms with Crippen LogP contribution >= 0.6 is 0 Å². The van der Waals surface area contributed by atoms with Gasteiger partial charge in [-0.2, -0.15) is 9.97 Å². The standard InChI is InChI=1S/C31H41N7O2/c1-7-29(39)38-14-13-37(18-25(38)16-32-5)30-26-11-12-36(28-10-8-9-22(3)23(28)4)19-27(26)33-31(34-30)40-20-24-15-21(2)17-35(24)6/h7-10,21,24-25H,1,11-20H2,2-4,6H3/t21-,24+,25+/m1/s1. The minimum Gasteiger partial charge on any atom is -0.462 e. The Hall–Kier alpha value is -3.64. The molecule has 1 aromatic carbocycles. The molecule has 3 aliphatic heterocycles. The van der Waals surface area contributed by atoms with Crippen molar-refractivity contribution < 1.29 is 9.53 Å².